The van der Waals surface area contributed by atoms with E-state index >= 15 is 0 Å². The topological polar surface area (TPSA) is 76.7 Å². The average Bonchev–Trinajstić information content (AvgIpc) is 2.61. The Hall–Kier alpha value is -3.02. The Kier molecular flexibility index (Phi) is 4.88. The minimum absolute atomic E-state index is 0.109. The molecule has 0 saturated carbocycles. The molecule has 1 aliphatic heterocycles. The molecule has 1 atom stereocenters. The number of hydrogen-bond acceptors (Lipinski definition) is 4. The van der Waals surface area contributed by atoms with Crippen molar-refractivity contribution in [3.8, 4) is 11.5 Å². The second-order valence-corrected chi connectivity index (χ2v) is 5.82. The van der Waals surface area contributed by atoms with Crippen molar-refractivity contribution in [3.63, 3.8) is 0 Å². The van der Waals surface area contributed by atoms with Crippen LogP contribution in [0.1, 0.15) is 18.9 Å². The number of hydrogen-bond donors (Lipinski definition) is 2. The van der Waals surface area contributed by atoms with Crippen molar-refractivity contribution in [2.75, 3.05) is 17.7 Å². The maximum Gasteiger partial charge on any atom is 0.265 e. The van der Waals surface area contributed by atoms with Crippen molar-refractivity contribution in [1.82, 2.24) is 0 Å². The van der Waals surface area contributed by atoms with Gasteiger partial charge in [-0.1, -0.05) is 18.2 Å². The van der Waals surface area contributed by atoms with E-state index in [2.05, 4.69) is 10.6 Å². The molecular weight excluding hydrogens is 320 g/mol. The van der Waals surface area contributed by atoms with Gasteiger partial charge in [-0.15, -0.1) is 0 Å². The van der Waals surface area contributed by atoms with Gasteiger partial charge in [0.05, 0.1) is 12.8 Å². The number of anilines is 2. The number of methoxy groups -OCH3 is 1. The highest BCUT2D eigenvalue weighted by Crippen LogP contribution is 2.32. The zero-order valence-electron chi connectivity index (χ0n) is 14.2. The summed E-state index contributed by atoms with van der Waals surface area (Å²) >= 11 is 0. The van der Waals surface area contributed by atoms with Gasteiger partial charge in [0.15, 0.2) is 6.10 Å². The highest BCUT2D eigenvalue weighted by molar-refractivity contribution is 5.99. The third-order valence-corrected chi connectivity index (χ3v) is 4.01. The van der Waals surface area contributed by atoms with Gasteiger partial charge in [0, 0.05) is 12.1 Å². The van der Waals surface area contributed by atoms with Gasteiger partial charge in [0.2, 0.25) is 5.91 Å². The summed E-state index contributed by atoms with van der Waals surface area (Å²) in [6, 6.07) is 12.8. The van der Waals surface area contributed by atoms with Gasteiger partial charge in [0.25, 0.3) is 5.91 Å². The van der Waals surface area contributed by atoms with Crippen molar-refractivity contribution in [2.45, 2.75) is 25.9 Å². The molecule has 25 heavy (non-hydrogen) atoms. The Labute approximate surface area is 146 Å². The monoisotopic (exact) mass is 340 g/mol. The number of ether oxygens (including phenoxy) is 2. The minimum Gasteiger partial charge on any atom is -0.496 e. The quantitative estimate of drug-likeness (QED) is 0.877. The molecular formula is C19H20N2O4. The Bertz CT molecular complexity index is 804. The van der Waals surface area contributed by atoms with Crippen LogP contribution in [0.5, 0.6) is 11.5 Å². The Balaban J connectivity index is 1.62. The molecule has 0 saturated heterocycles. The Morgan fingerprint density at radius 2 is 2.08 bits per heavy atom. The van der Waals surface area contributed by atoms with E-state index in [1.807, 2.05) is 24.3 Å². The number of rotatable bonds is 5. The van der Waals surface area contributed by atoms with Gasteiger partial charge in [-0.05, 0) is 43.2 Å². The van der Waals surface area contributed by atoms with Crippen molar-refractivity contribution >= 4 is 23.2 Å². The number of aryl methyl sites for hydroxylation is 1. The molecule has 130 valence electrons. The lowest BCUT2D eigenvalue weighted by molar-refractivity contribution is -0.122. The molecule has 1 unspecified atom stereocenters. The summed E-state index contributed by atoms with van der Waals surface area (Å²) in [7, 11) is 1.61. The highest BCUT2D eigenvalue weighted by atomic mass is 16.5. The lowest BCUT2D eigenvalue weighted by Crippen LogP contribution is -2.34. The second kappa shape index (κ2) is 7.25. The minimum atomic E-state index is -0.520. The van der Waals surface area contributed by atoms with Crippen LogP contribution in [0.3, 0.4) is 0 Å². The van der Waals surface area contributed by atoms with Gasteiger partial charge in [-0.3, -0.25) is 9.59 Å². The maximum atomic E-state index is 12.2. The molecule has 3 rings (SSSR count). The fourth-order valence-electron chi connectivity index (χ4n) is 2.67. The van der Waals surface area contributed by atoms with Gasteiger partial charge in [-0.2, -0.15) is 0 Å². The van der Waals surface area contributed by atoms with E-state index in [-0.39, 0.29) is 11.8 Å². The molecule has 6 nitrogen and oxygen atoms in total. The fourth-order valence-corrected chi connectivity index (χ4v) is 2.67. The summed E-state index contributed by atoms with van der Waals surface area (Å²) in [6.07, 6.45) is 0.393. The third kappa shape index (κ3) is 3.91. The maximum absolute atomic E-state index is 12.2. The predicted octanol–water partition coefficient (Wildman–Crippen LogP) is 2.99. The number of nitrogens with one attached hydrogen (secondary N) is 2. The second-order valence-electron chi connectivity index (χ2n) is 5.82. The average molecular weight is 340 g/mol. The molecule has 1 aliphatic rings. The summed E-state index contributed by atoms with van der Waals surface area (Å²) in [5, 5.41) is 5.60. The van der Waals surface area contributed by atoms with Crippen molar-refractivity contribution in [1.29, 1.82) is 0 Å². The van der Waals surface area contributed by atoms with Gasteiger partial charge in [0.1, 0.15) is 11.5 Å². The molecule has 0 radical (unpaired) electrons. The highest BCUT2D eigenvalue weighted by Gasteiger charge is 2.23. The van der Waals surface area contributed by atoms with E-state index in [4.69, 9.17) is 9.47 Å². The van der Waals surface area contributed by atoms with Crippen LogP contribution in [-0.4, -0.2) is 25.0 Å². The summed E-state index contributed by atoms with van der Waals surface area (Å²) in [4.78, 5) is 23.9. The van der Waals surface area contributed by atoms with Crippen LogP contribution in [0, 0.1) is 0 Å². The van der Waals surface area contributed by atoms with Crippen LogP contribution >= 0.6 is 0 Å². The first kappa shape index (κ1) is 16.8. The lowest BCUT2D eigenvalue weighted by Gasteiger charge is -2.23. The van der Waals surface area contributed by atoms with Crippen LogP contribution in [-0.2, 0) is 16.0 Å². The largest absolute Gasteiger partial charge is 0.496 e. The Morgan fingerprint density at radius 3 is 2.88 bits per heavy atom. The third-order valence-electron chi connectivity index (χ3n) is 4.01. The molecule has 2 N–H and O–H groups in total. The molecule has 0 aromatic heterocycles. The lowest BCUT2D eigenvalue weighted by atomic mass is 10.1. The standard InChI is InChI=1S/C19H20N2O4/c1-12-19(23)21-15-11-14(8-9-17(15)25-12)20-18(22)10-7-13-5-3-4-6-16(13)24-2/h3-6,8-9,11-12H,7,10H2,1-2H3,(H,20,22)(H,21,23). The van der Waals surface area contributed by atoms with Crippen LogP contribution in [0.15, 0.2) is 42.5 Å². The molecule has 0 fully saturated rings. The number of amides is 2. The SMILES string of the molecule is COc1ccccc1CCC(=O)Nc1ccc2c(c1)NC(=O)C(C)O2. The number of carbonyl (C=O) groups excluding carboxylic acids is 2. The molecule has 0 spiro atoms. The van der Waals surface area contributed by atoms with E-state index in [9.17, 15) is 9.59 Å². The van der Waals surface area contributed by atoms with Gasteiger partial charge in [-0.25, -0.2) is 0 Å². The van der Waals surface area contributed by atoms with Crippen molar-refractivity contribution in [3.05, 3.63) is 48.0 Å². The van der Waals surface area contributed by atoms with E-state index in [1.165, 1.54) is 0 Å². The Morgan fingerprint density at radius 1 is 1.28 bits per heavy atom. The first-order valence-corrected chi connectivity index (χ1v) is 8.10. The van der Waals surface area contributed by atoms with Crippen LogP contribution in [0.4, 0.5) is 11.4 Å². The molecule has 0 aliphatic carbocycles. The van der Waals surface area contributed by atoms with Crippen LogP contribution in [0.25, 0.3) is 0 Å². The van der Waals surface area contributed by atoms with Gasteiger partial charge >= 0.3 is 0 Å². The van der Waals surface area contributed by atoms with E-state index in [1.54, 1.807) is 32.2 Å². The molecule has 1 heterocycles. The zero-order chi connectivity index (χ0) is 17.8. The van der Waals surface area contributed by atoms with Crippen molar-refractivity contribution in [2.24, 2.45) is 0 Å². The number of fused-ring (bicyclic) bond motifs is 1. The summed E-state index contributed by atoms with van der Waals surface area (Å²) in [5.41, 5.74) is 2.16. The first-order valence-electron chi connectivity index (χ1n) is 8.10. The number of benzene rings is 2. The summed E-state index contributed by atoms with van der Waals surface area (Å²) in [6.45, 7) is 1.69. The number of carbonyl (C=O) groups is 2. The fraction of sp³-hybridized carbons (Fsp3) is 0.263. The molecule has 6 heteroatoms. The van der Waals surface area contributed by atoms with E-state index < -0.39 is 6.10 Å². The smallest absolute Gasteiger partial charge is 0.265 e. The zero-order valence-corrected chi connectivity index (χ0v) is 14.2. The van der Waals surface area contributed by atoms with E-state index in [0.717, 1.165) is 11.3 Å². The molecule has 2 amide bonds. The summed E-state index contributed by atoms with van der Waals surface area (Å²) in [5.74, 6) is 1.06. The van der Waals surface area contributed by atoms with Crippen LogP contribution in [0.2, 0.25) is 0 Å². The predicted molar refractivity (Wildman–Crippen MR) is 95.1 cm³/mol. The van der Waals surface area contributed by atoms with Crippen LogP contribution < -0.4 is 20.1 Å². The normalized spacial score (nSPS) is 15.6. The van der Waals surface area contributed by atoms with Gasteiger partial charge < -0.3 is 20.1 Å². The molecule has 2 aromatic carbocycles. The first-order chi connectivity index (χ1) is 12.1. The number of para-hydroxylation sites is 1. The molecule has 2 aromatic rings. The van der Waals surface area contributed by atoms with Crippen molar-refractivity contribution < 1.29 is 19.1 Å². The van der Waals surface area contributed by atoms with E-state index in [0.29, 0.717) is 30.0 Å². The summed E-state index contributed by atoms with van der Waals surface area (Å²) < 4.78 is 10.8. The molecule has 0 bridgehead atoms.